The Hall–Kier alpha value is -1.66. The van der Waals surface area contributed by atoms with Crippen molar-refractivity contribution in [1.82, 2.24) is 9.97 Å². The van der Waals surface area contributed by atoms with Gasteiger partial charge in [-0.3, -0.25) is 0 Å². The van der Waals surface area contributed by atoms with E-state index < -0.39 is 0 Å². The summed E-state index contributed by atoms with van der Waals surface area (Å²) < 4.78 is 0. The zero-order chi connectivity index (χ0) is 15.4. The van der Waals surface area contributed by atoms with E-state index >= 15 is 0 Å². The highest BCUT2D eigenvalue weighted by atomic mass is 32.1. The Morgan fingerprint density at radius 3 is 2.91 bits per heavy atom. The lowest BCUT2D eigenvalue weighted by molar-refractivity contribution is 0.203. The van der Waals surface area contributed by atoms with E-state index in [-0.39, 0.29) is 0 Å². The molecule has 0 spiro atoms. The Kier molecular flexibility index (Phi) is 4.90. The number of piperidine rings is 1. The number of hydrogen-bond acceptors (Lipinski definition) is 6. The number of thiazole rings is 1. The number of aryl methyl sites for hydroxylation is 1. The molecule has 0 aliphatic carbocycles. The zero-order valence-electron chi connectivity index (χ0n) is 12.8. The van der Waals surface area contributed by atoms with Gasteiger partial charge < -0.3 is 15.3 Å². The van der Waals surface area contributed by atoms with Gasteiger partial charge in [0.05, 0.1) is 12.2 Å². The second-order valence-corrected chi connectivity index (χ2v) is 6.67. The van der Waals surface area contributed by atoms with Crippen molar-refractivity contribution in [3.63, 3.8) is 0 Å². The van der Waals surface area contributed by atoms with Crippen LogP contribution in [0.25, 0.3) is 0 Å². The molecule has 0 atom stereocenters. The molecule has 6 heteroatoms. The fraction of sp³-hybridized carbons (Fsp3) is 0.500. The Balaban J connectivity index is 1.67. The van der Waals surface area contributed by atoms with Gasteiger partial charge in [0.15, 0.2) is 5.82 Å². The Morgan fingerprint density at radius 1 is 1.41 bits per heavy atom. The molecule has 1 aliphatic heterocycles. The molecule has 1 saturated heterocycles. The molecule has 118 valence electrons. The standard InChI is InChI=1S/C16H22N4OS/c1-12-11-22-15(19-12)9-18-14-3-2-6-17-16(14)20-7-4-13(10-21)5-8-20/h2-3,6,11,13,18,21H,4-5,7-10H2,1H3. The zero-order valence-corrected chi connectivity index (χ0v) is 13.6. The first kappa shape index (κ1) is 15.2. The van der Waals surface area contributed by atoms with Crippen molar-refractivity contribution < 1.29 is 5.11 Å². The van der Waals surface area contributed by atoms with Gasteiger partial charge in [0.2, 0.25) is 0 Å². The van der Waals surface area contributed by atoms with Crippen LogP contribution in [0.5, 0.6) is 0 Å². The van der Waals surface area contributed by atoms with Gasteiger partial charge in [-0.05, 0) is 37.8 Å². The van der Waals surface area contributed by atoms with E-state index in [1.807, 2.05) is 19.2 Å². The van der Waals surface area contributed by atoms with E-state index in [4.69, 9.17) is 0 Å². The molecular formula is C16H22N4OS. The van der Waals surface area contributed by atoms with Gasteiger partial charge in [0.25, 0.3) is 0 Å². The van der Waals surface area contributed by atoms with Crippen LogP contribution in [0.4, 0.5) is 11.5 Å². The van der Waals surface area contributed by atoms with Gasteiger partial charge in [-0.25, -0.2) is 9.97 Å². The summed E-state index contributed by atoms with van der Waals surface area (Å²) in [6.45, 7) is 4.94. The maximum Gasteiger partial charge on any atom is 0.151 e. The third-order valence-electron chi connectivity index (χ3n) is 4.06. The number of rotatable bonds is 5. The number of anilines is 2. The predicted octanol–water partition coefficient (Wildman–Crippen LogP) is 2.67. The number of nitrogens with zero attached hydrogens (tertiary/aromatic N) is 3. The molecule has 22 heavy (non-hydrogen) atoms. The summed E-state index contributed by atoms with van der Waals surface area (Å²) in [5, 5.41) is 15.9. The molecule has 3 heterocycles. The van der Waals surface area contributed by atoms with E-state index in [1.54, 1.807) is 11.3 Å². The first-order valence-electron chi connectivity index (χ1n) is 7.72. The lowest BCUT2D eigenvalue weighted by Gasteiger charge is -2.33. The van der Waals surface area contributed by atoms with Crippen LogP contribution in [0.1, 0.15) is 23.5 Å². The molecule has 0 radical (unpaired) electrons. The smallest absolute Gasteiger partial charge is 0.151 e. The van der Waals surface area contributed by atoms with E-state index in [1.165, 1.54) is 0 Å². The third kappa shape index (κ3) is 3.56. The van der Waals surface area contributed by atoms with Crippen LogP contribution >= 0.6 is 11.3 Å². The summed E-state index contributed by atoms with van der Waals surface area (Å²) >= 11 is 1.68. The Labute approximate surface area is 135 Å². The minimum atomic E-state index is 0.296. The highest BCUT2D eigenvalue weighted by molar-refractivity contribution is 7.09. The second-order valence-electron chi connectivity index (χ2n) is 5.72. The second kappa shape index (κ2) is 7.07. The average Bonchev–Trinajstić information content (AvgIpc) is 2.99. The first-order chi connectivity index (χ1) is 10.8. The Bertz CT molecular complexity index is 608. The van der Waals surface area contributed by atoms with Crippen LogP contribution in [0, 0.1) is 12.8 Å². The largest absolute Gasteiger partial charge is 0.396 e. The van der Waals surface area contributed by atoms with E-state index in [2.05, 4.69) is 31.6 Å². The molecule has 0 bridgehead atoms. The predicted molar refractivity (Wildman–Crippen MR) is 90.4 cm³/mol. The molecular weight excluding hydrogens is 296 g/mol. The summed E-state index contributed by atoms with van der Waals surface area (Å²) in [5.74, 6) is 1.45. The Morgan fingerprint density at radius 2 is 2.23 bits per heavy atom. The monoisotopic (exact) mass is 318 g/mol. The van der Waals surface area contributed by atoms with Crippen molar-refractivity contribution in [2.75, 3.05) is 29.9 Å². The van der Waals surface area contributed by atoms with Gasteiger partial charge in [0.1, 0.15) is 5.01 Å². The molecule has 5 nitrogen and oxygen atoms in total. The number of aliphatic hydroxyl groups is 1. The van der Waals surface area contributed by atoms with Crippen LogP contribution in [-0.4, -0.2) is 34.8 Å². The van der Waals surface area contributed by atoms with Crippen LogP contribution in [0.15, 0.2) is 23.7 Å². The number of nitrogens with one attached hydrogen (secondary N) is 1. The van der Waals surface area contributed by atoms with Gasteiger partial charge >= 0.3 is 0 Å². The minimum absolute atomic E-state index is 0.296. The lowest BCUT2D eigenvalue weighted by Crippen LogP contribution is -2.35. The summed E-state index contributed by atoms with van der Waals surface area (Å²) in [6.07, 6.45) is 3.89. The topological polar surface area (TPSA) is 61.3 Å². The number of aromatic nitrogens is 2. The molecule has 3 rings (SSSR count). The van der Waals surface area contributed by atoms with Gasteiger partial charge in [-0.15, -0.1) is 11.3 Å². The summed E-state index contributed by atoms with van der Waals surface area (Å²) in [4.78, 5) is 11.3. The molecule has 1 fully saturated rings. The van der Waals surface area contributed by atoms with Gasteiger partial charge in [-0.2, -0.15) is 0 Å². The van der Waals surface area contributed by atoms with Crippen molar-refractivity contribution in [2.45, 2.75) is 26.3 Å². The fourth-order valence-corrected chi connectivity index (χ4v) is 3.48. The first-order valence-corrected chi connectivity index (χ1v) is 8.60. The van der Waals surface area contributed by atoms with E-state index in [0.717, 1.165) is 54.7 Å². The third-order valence-corrected chi connectivity index (χ3v) is 5.02. The minimum Gasteiger partial charge on any atom is -0.396 e. The normalized spacial score (nSPS) is 16.0. The van der Waals surface area contributed by atoms with Gasteiger partial charge in [0, 0.05) is 37.0 Å². The van der Waals surface area contributed by atoms with Crippen molar-refractivity contribution in [2.24, 2.45) is 5.92 Å². The average molecular weight is 318 g/mol. The quantitative estimate of drug-likeness (QED) is 0.887. The fourth-order valence-electron chi connectivity index (χ4n) is 2.77. The number of hydrogen-bond donors (Lipinski definition) is 2. The van der Waals surface area contributed by atoms with E-state index in [9.17, 15) is 5.11 Å². The summed E-state index contributed by atoms with van der Waals surface area (Å²) in [7, 11) is 0. The highest BCUT2D eigenvalue weighted by Gasteiger charge is 2.21. The molecule has 0 saturated carbocycles. The molecule has 2 aromatic heterocycles. The molecule has 2 N–H and O–H groups in total. The maximum atomic E-state index is 9.26. The van der Waals surface area contributed by atoms with E-state index in [0.29, 0.717) is 12.5 Å². The molecule has 0 amide bonds. The van der Waals surface area contributed by atoms with Crippen molar-refractivity contribution in [1.29, 1.82) is 0 Å². The number of pyridine rings is 1. The SMILES string of the molecule is Cc1csc(CNc2cccnc2N2CCC(CO)CC2)n1. The summed E-state index contributed by atoms with van der Waals surface area (Å²) in [5.41, 5.74) is 2.12. The summed E-state index contributed by atoms with van der Waals surface area (Å²) in [6, 6.07) is 4.03. The van der Waals surface area contributed by atoms with Crippen LogP contribution in [0.3, 0.4) is 0 Å². The molecule has 0 aromatic carbocycles. The van der Waals surface area contributed by atoms with Crippen LogP contribution in [-0.2, 0) is 6.54 Å². The lowest BCUT2D eigenvalue weighted by atomic mass is 9.98. The molecule has 0 unspecified atom stereocenters. The maximum absolute atomic E-state index is 9.26. The van der Waals surface area contributed by atoms with Crippen molar-refractivity contribution in [3.8, 4) is 0 Å². The van der Waals surface area contributed by atoms with Crippen molar-refractivity contribution in [3.05, 3.63) is 34.4 Å². The molecule has 2 aromatic rings. The van der Waals surface area contributed by atoms with Crippen LogP contribution in [0.2, 0.25) is 0 Å². The highest BCUT2D eigenvalue weighted by Crippen LogP contribution is 2.28. The molecule has 1 aliphatic rings. The number of aliphatic hydroxyl groups excluding tert-OH is 1. The van der Waals surface area contributed by atoms with Crippen molar-refractivity contribution >= 4 is 22.8 Å². The van der Waals surface area contributed by atoms with Gasteiger partial charge in [-0.1, -0.05) is 0 Å². The van der Waals surface area contributed by atoms with Crippen LogP contribution < -0.4 is 10.2 Å².